The van der Waals surface area contributed by atoms with E-state index in [4.69, 9.17) is 4.74 Å². The molecule has 25 heavy (non-hydrogen) atoms. The third-order valence-electron chi connectivity index (χ3n) is 3.56. The Morgan fingerprint density at radius 2 is 1.96 bits per heavy atom. The minimum Gasteiger partial charge on any atom is -0.465 e. The molecule has 0 saturated heterocycles. The van der Waals surface area contributed by atoms with Gasteiger partial charge in [-0.25, -0.2) is 14.4 Å². The van der Waals surface area contributed by atoms with E-state index < -0.39 is 5.25 Å². The Morgan fingerprint density at radius 3 is 2.68 bits per heavy atom. The topological polar surface area (TPSA) is 52.1 Å². The summed E-state index contributed by atoms with van der Waals surface area (Å²) < 4.78 is 18.7. The van der Waals surface area contributed by atoms with Crippen LogP contribution in [0.4, 0.5) is 4.39 Å². The molecule has 1 heterocycles. The standard InChI is InChI=1S/C19H17FN2O2S/c1-3-24-19(23)12(2)25-18-15-11-14(20)9-10-16(15)21-17(22-18)13-7-5-4-6-8-13/h4-12H,3H2,1-2H3/t12-/m0/s1. The second kappa shape index (κ2) is 7.61. The zero-order valence-electron chi connectivity index (χ0n) is 13.9. The molecule has 6 heteroatoms. The summed E-state index contributed by atoms with van der Waals surface area (Å²) in [6.45, 7) is 3.83. The first kappa shape index (κ1) is 17.4. The van der Waals surface area contributed by atoms with E-state index in [0.29, 0.717) is 28.4 Å². The van der Waals surface area contributed by atoms with Gasteiger partial charge >= 0.3 is 5.97 Å². The van der Waals surface area contributed by atoms with Crippen molar-refractivity contribution >= 4 is 28.6 Å². The summed E-state index contributed by atoms with van der Waals surface area (Å²) in [6, 6.07) is 13.9. The van der Waals surface area contributed by atoms with Crippen LogP contribution in [0, 0.1) is 5.82 Å². The Bertz CT molecular complexity index is 903. The average Bonchev–Trinajstić information content (AvgIpc) is 2.62. The number of ether oxygens (including phenoxy) is 1. The second-order valence-electron chi connectivity index (χ2n) is 5.39. The molecule has 0 saturated carbocycles. The maximum absolute atomic E-state index is 13.7. The number of carbonyl (C=O) groups excluding carboxylic acids is 1. The fourth-order valence-corrected chi connectivity index (χ4v) is 3.28. The van der Waals surface area contributed by atoms with Gasteiger partial charge in [-0.3, -0.25) is 4.79 Å². The summed E-state index contributed by atoms with van der Waals surface area (Å²) in [6.07, 6.45) is 0. The molecule has 3 aromatic rings. The van der Waals surface area contributed by atoms with E-state index in [-0.39, 0.29) is 11.8 Å². The van der Waals surface area contributed by atoms with Crippen molar-refractivity contribution in [1.29, 1.82) is 0 Å². The van der Waals surface area contributed by atoms with Crippen LogP contribution < -0.4 is 0 Å². The van der Waals surface area contributed by atoms with E-state index in [9.17, 15) is 9.18 Å². The predicted molar refractivity (Wildman–Crippen MR) is 96.9 cm³/mol. The van der Waals surface area contributed by atoms with Gasteiger partial charge in [-0.1, -0.05) is 42.1 Å². The third-order valence-corrected chi connectivity index (χ3v) is 4.64. The van der Waals surface area contributed by atoms with Gasteiger partial charge in [0, 0.05) is 10.9 Å². The van der Waals surface area contributed by atoms with Crippen LogP contribution in [-0.2, 0) is 9.53 Å². The Labute approximate surface area is 149 Å². The quantitative estimate of drug-likeness (QED) is 0.383. The molecular formula is C19H17FN2O2S. The van der Waals surface area contributed by atoms with Crippen molar-refractivity contribution in [2.45, 2.75) is 24.1 Å². The van der Waals surface area contributed by atoms with E-state index >= 15 is 0 Å². The molecule has 0 aliphatic carbocycles. The predicted octanol–water partition coefficient (Wildman–Crippen LogP) is 4.48. The van der Waals surface area contributed by atoms with Crippen LogP contribution in [0.3, 0.4) is 0 Å². The highest BCUT2D eigenvalue weighted by atomic mass is 32.2. The molecule has 0 spiro atoms. The van der Waals surface area contributed by atoms with Crippen LogP contribution in [0.2, 0.25) is 0 Å². The molecule has 0 amide bonds. The third kappa shape index (κ3) is 3.96. The summed E-state index contributed by atoms with van der Waals surface area (Å²) in [4.78, 5) is 21.0. The SMILES string of the molecule is CCOC(=O)[C@H](C)Sc1nc(-c2ccccc2)nc2ccc(F)cc12. The van der Waals surface area contributed by atoms with Gasteiger partial charge in [-0.15, -0.1) is 0 Å². The Kier molecular flexibility index (Phi) is 5.28. The fourth-order valence-electron chi connectivity index (χ4n) is 2.35. The smallest absolute Gasteiger partial charge is 0.319 e. The molecule has 0 aliphatic heterocycles. The van der Waals surface area contributed by atoms with Gasteiger partial charge in [0.2, 0.25) is 0 Å². The summed E-state index contributed by atoms with van der Waals surface area (Å²) >= 11 is 1.25. The van der Waals surface area contributed by atoms with Gasteiger partial charge in [0.1, 0.15) is 16.1 Å². The van der Waals surface area contributed by atoms with Crippen molar-refractivity contribution < 1.29 is 13.9 Å². The number of esters is 1. The van der Waals surface area contributed by atoms with Crippen molar-refractivity contribution in [1.82, 2.24) is 9.97 Å². The van der Waals surface area contributed by atoms with Crippen molar-refractivity contribution in [3.63, 3.8) is 0 Å². The van der Waals surface area contributed by atoms with E-state index in [0.717, 1.165) is 5.56 Å². The van der Waals surface area contributed by atoms with Crippen molar-refractivity contribution in [2.24, 2.45) is 0 Å². The molecule has 0 N–H and O–H groups in total. The summed E-state index contributed by atoms with van der Waals surface area (Å²) in [5.74, 6) is -0.149. The number of halogens is 1. The number of fused-ring (bicyclic) bond motifs is 1. The molecule has 0 fully saturated rings. The van der Waals surface area contributed by atoms with E-state index in [2.05, 4.69) is 9.97 Å². The Hall–Kier alpha value is -2.47. The Morgan fingerprint density at radius 1 is 1.20 bits per heavy atom. The highest BCUT2D eigenvalue weighted by Crippen LogP contribution is 2.31. The van der Waals surface area contributed by atoms with Crippen LogP contribution in [0.25, 0.3) is 22.3 Å². The molecule has 3 rings (SSSR count). The lowest BCUT2D eigenvalue weighted by atomic mass is 10.2. The number of hydrogen-bond donors (Lipinski definition) is 0. The number of aromatic nitrogens is 2. The number of benzene rings is 2. The van der Waals surface area contributed by atoms with E-state index in [1.54, 1.807) is 19.9 Å². The molecule has 1 atom stereocenters. The molecule has 4 nitrogen and oxygen atoms in total. The highest BCUT2D eigenvalue weighted by Gasteiger charge is 2.19. The lowest BCUT2D eigenvalue weighted by Gasteiger charge is -2.12. The van der Waals surface area contributed by atoms with Gasteiger partial charge in [0.15, 0.2) is 5.82 Å². The molecule has 0 unspecified atom stereocenters. The van der Waals surface area contributed by atoms with Gasteiger partial charge in [-0.2, -0.15) is 0 Å². The zero-order valence-corrected chi connectivity index (χ0v) is 14.7. The molecule has 0 aliphatic rings. The van der Waals surface area contributed by atoms with Crippen molar-refractivity contribution in [3.05, 3.63) is 54.3 Å². The van der Waals surface area contributed by atoms with Gasteiger partial charge in [0.25, 0.3) is 0 Å². The summed E-state index contributed by atoms with van der Waals surface area (Å²) in [7, 11) is 0. The van der Waals surface area contributed by atoms with Gasteiger partial charge in [0.05, 0.1) is 12.1 Å². The Balaban J connectivity index is 2.07. The maximum Gasteiger partial charge on any atom is 0.319 e. The first-order chi connectivity index (χ1) is 12.1. The van der Waals surface area contributed by atoms with Crippen molar-refractivity contribution in [2.75, 3.05) is 6.61 Å². The highest BCUT2D eigenvalue weighted by molar-refractivity contribution is 8.00. The lowest BCUT2D eigenvalue weighted by molar-refractivity contribution is -0.142. The van der Waals surface area contributed by atoms with Crippen molar-refractivity contribution in [3.8, 4) is 11.4 Å². The minimum absolute atomic E-state index is 0.318. The van der Waals surface area contributed by atoms with Gasteiger partial charge < -0.3 is 4.74 Å². The molecule has 0 radical (unpaired) electrons. The molecular weight excluding hydrogens is 339 g/mol. The maximum atomic E-state index is 13.7. The fraction of sp³-hybridized carbons (Fsp3) is 0.211. The first-order valence-electron chi connectivity index (χ1n) is 7.94. The normalized spacial score (nSPS) is 12.1. The summed E-state index contributed by atoms with van der Waals surface area (Å²) in [5.41, 5.74) is 1.49. The van der Waals surface area contributed by atoms with Crippen LogP contribution in [0.1, 0.15) is 13.8 Å². The molecule has 128 valence electrons. The molecule has 2 aromatic carbocycles. The largest absolute Gasteiger partial charge is 0.465 e. The zero-order chi connectivity index (χ0) is 17.8. The number of thioether (sulfide) groups is 1. The molecule has 0 bridgehead atoms. The van der Waals surface area contributed by atoms with E-state index in [1.807, 2.05) is 30.3 Å². The lowest BCUT2D eigenvalue weighted by Crippen LogP contribution is -2.17. The van der Waals surface area contributed by atoms with Crippen LogP contribution in [0.15, 0.2) is 53.6 Å². The minimum atomic E-state index is -0.454. The first-order valence-corrected chi connectivity index (χ1v) is 8.82. The van der Waals surface area contributed by atoms with Crippen LogP contribution in [-0.4, -0.2) is 27.8 Å². The van der Waals surface area contributed by atoms with E-state index in [1.165, 1.54) is 23.9 Å². The van der Waals surface area contributed by atoms with Crippen LogP contribution in [0.5, 0.6) is 0 Å². The number of rotatable bonds is 5. The summed E-state index contributed by atoms with van der Waals surface area (Å²) in [5, 5.41) is 0.690. The molecule has 1 aromatic heterocycles. The number of hydrogen-bond acceptors (Lipinski definition) is 5. The van der Waals surface area contributed by atoms with Gasteiger partial charge in [-0.05, 0) is 32.0 Å². The number of carbonyl (C=O) groups is 1. The monoisotopic (exact) mass is 356 g/mol. The average molecular weight is 356 g/mol. The number of nitrogens with zero attached hydrogens (tertiary/aromatic N) is 2. The second-order valence-corrected chi connectivity index (χ2v) is 6.72. The van der Waals surface area contributed by atoms with Crippen LogP contribution >= 0.6 is 11.8 Å².